The Morgan fingerprint density at radius 3 is 1.71 bits per heavy atom. The molecule has 0 radical (unpaired) electrons. The van der Waals surface area contributed by atoms with Crippen molar-refractivity contribution in [2.45, 2.75) is 0 Å². The fourth-order valence-electron chi connectivity index (χ4n) is 3.23. The van der Waals surface area contributed by atoms with Gasteiger partial charge in [0.2, 0.25) is 0 Å². The second kappa shape index (κ2) is 6.00. The summed E-state index contributed by atoms with van der Waals surface area (Å²) in [5, 5.41) is 22.9. The van der Waals surface area contributed by atoms with E-state index in [1.54, 1.807) is 0 Å². The van der Waals surface area contributed by atoms with Crippen molar-refractivity contribution in [3.05, 3.63) is 78.9 Å². The van der Waals surface area contributed by atoms with Crippen LogP contribution in [-0.4, -0.2) is 17.4 Å². The van der Waals surface area contributed by atoms with Crippen molar-refractivity contribution in [3.8, 4) is 16.9 Å². The molecule has 0 aliphatic carbocycles. The van der Waals surface area contributed by atoms with Crippen LogP contribution >= 0.6 is 0 Å². The Kier molecular flexibility index (Phi) is 3.69. The van der Waals surface area contributed by atoms with Crippen LogP contribution in [0.15, 0.2) is 78.9 Å². The summed E-state index contributed by atoms with van der Waals surface area (Å²) in [5.41, 5.74) is 1.83. The van der Waals surface area contributed by atoms with Crippen molar-refractivity contribution in [1.29, 1.82) is 0 Å². The average Bonchev–Trinajstić information content (AvgIpc) is 2.62. The molecule has 2 N–H and O–H groups in total. The molecule has 0 saturated carbocycles. The highest BCUT2D eigenvalue weighted by Crippen LogP contribution is 2.43. The summed E-state index contributed by atoms with van der Waals surface area (Å²) in [6.45, 7) is 0. The fourth-order valence-corrected chi connectivity index (χ4v) is 3.23. The third kappa shape index (κ3) is 2.42. The second-order valence-electron chi connectivity index (χ2n) is 5.61. The summed E-state index contributed by atoms with van der Waals surface area (Å²) in [5.74, 6) is 0.477. The molecule has 4 rings (SSSR count). The van der Waals surface area contributed by atoms with E-state index in [9.17, 15) is 10.0 Å². The number of hydrogen-bond donors (Lipinski definition) is 2. The largest absolute Gasteiger partial charge is 0.707 e. The summed E-state index contributed by atoms with van der Waals surface area (Å²) in [4.78, 5) is 0. The lowest BCUT2D eigenvalue weighted by molar-refractivity contribution is 0.290. The van der Waals surface area contributed by atoms with Crippen molar-refractivity contribution in [2.75, 3.05) is 0 Å². The van der Waals surface area contributed by atoms with Crippen LogP contribution in [0, 0.1) is 0 Å². The quantitative estimate of drug-likeness (QED) is 0.444. The predicted octanol–water partition coefficient (Wildman–Crippen LogP) is 4.01. The molecule has 4 aromatic carbocycles. The Morgan fingerprint density at radius 2 is 1.08 bits per heavy atom. The van der Waals surface area contributed by atoms with E-state index in [4.69, 9.17) is 4.65 Å². The molecule has 3 nitrogen and oxygen atoms in total. The zero-order valence-corrected chi connectivity index (χ0v) is 12.9. The maximum absolute atomic E-state index is 9.44. The minimum Gasteiger partial charge on any atom is -0.511 e. The predicted molar refractivity (Wildman–Crippen MR) is 97.7 cm³/mol. The van der Waals surface area contributed by atoms with Gasteiger partial charge in [-0.2, -0.15) is 0 Å². The van der Waals surface area contributed by atoms with E-state index in [2.05, 4.69) is 6.07 Å². The zero-order valence-electron chi connectivity index (χ0n) is 12.9. The molecule has 0 aromatic heterocycles. The molecular formula is C20H15BO3. The molecule has 4 heteroatoms. The van der Waals surface area contributed by atoms with Gasteiger partial charge in [0.05, 0.1) is 0 Å². The molecule has 24 heavy (non-hydrogen) atoms. The van der Waals surface area contributed by atoms with Crippen LogP contribution in [0.25, 0.3) is 32.7 Å². The summed E-state index contributed by atoms with van der Waals surface area (Å²) in [7, 11) is -1.88. The van der Waals surface area contributed by atoms with Crippen molar-refractivity contribution < 1.29 is 14.7 Å². The zero-order chi connectivity index (χ0) is 16.5. The minimum atomic E-state index is -1.88. The normalized spacial score (nSPS) is 10.9. The molecule has 0 atom stereocenters. The molecule has 0 unspecified atom stereocenters. The van der Waals surface area contributed by atoms with Gasteiger partial charge >= 0.3 is 7.32 Å². The monoisotopic (exact) mass is 314 g/mol. The highest BCUT2D eigenvalue weighted by atomic mass is 16.6. The van der Waals surface area contributed by atoms with Crippen LogP contribution < -0.4 is 4.65 Å². The van der Waals surface area contributed by atoms with Crippen molar-refractivity contribution in [1.82, 2.24) is 0 Å². The first-order valence-corrected chi connectivity index (χ1v) is 7.77. The Morgan fingerprint density at radius 1 is 0.583 bits per heavy atom. The summed E-state index contributed by atoms with van der Waals surface area (Å²) in [6, 6.07) is 25.8. The first-order chi connectivity index (χ1) is 11.8. The molecule has 4 aromatic rings. The topological polar surface area (TPSA) is 49.7 Å². The summed E-state index contributed by atoms with van der Waals surface area (Å²) >= 11 is 0. The minimum absolute atomic E-state index is 0.477. The van der Waals surface area contributed by atoms with Crippen LogP contribution in [0.5, 0.6) is 5.75 Å². The average molecular weight is 314 g/mol. The van der Waals surface area contributed by atoms with Gasteiger partial charge in [0.15, 0.2) is 0 Å². The van der Waals surface area contributed by atoms with Crippen molar-refractivity contribution in [2.24, 2.45) is 0 Å². The molecule has 0 aliphatic heterocycles. The van der Waals surface area contributed by atoms with Crippen LogP contribution in [0.4, 0.5) is 0 Å². The first kappa shape index (κ1) is 14.8. The number of fused-ring (bicyclic) bond motifs is 3. The van der Waals surface area contributed by atoms with E-state index in [1.807, 2.05) is 72.8 Å². The lowest BCUT2D eigenvalue weighted by atomic mass is 9.91. The third-order valence-electron chi connectivity index (χ3n) is 4.17. The molecule has 116 valence electrons. The second-order valence-corrected chi connectivity index (χ2v) is 5.61. The van der Waals surface area contributed by atoms with Gasteiger partial charge in [-0.05, 0) is 21.7 Å². The fraction of sp³-hybridized carbons (Fsp3) is 0. The smallest absolute Gasteiger partial charge is 0.511 e. The Labute approximate surface area is 139 Å². The van der Waals surface area contributed by atoms with Gasteiger partial charge in [-0.25, -0.2) is 0 Å². The van der Waals surface area contributed by atoms with Gasteiger partial charge in [-0.3, -0.25) is 0 Å². The Bertz CT molecular complexity index is 1010. The van der Waals surface area contributed by atoms with E-state index >= 15 is 0 Å². The SMILES string of the molecule is OB(O)Oc1c(-c2ccccc2)c2ccccc2c2ccccc12. The summed E-state index contributed by atoms with van der Waals surface area (Å²) < 4.78 is 5.43. The van der Waals surface area contributed by atoms with Gasteiger partial charge in [0.1, 0.15) is 5.75 Å². The lowest BCUT2D eigenvalue weighted by Gasteiger charge is -2.18. The van der Waals surface area contributed by atoms with E-state index in [1.165, 1.54) is 0 Å². The van der Waals surface area contributed by atoms with Gasteiger partial charge in [-0.15, -0.1) is 0 Å². The molecular weight excluding hydrogens is 299 g/mol. The highest BCUT2D eigenvalue weighted by Gasteiger charge is 2.21. The molecule has 0 fully saturated rings. The van der Waals surface area contributed by atoms with E-state index in [0.29, 0.717) is 5.75 Å². The van der Waals surface area contributed by atoms with Gasteiger partial charge in [0.25, 0.3) is 0 Å². The first-order valence-electron chi connectivity index (χ1n) is 7.77. The van der Waals surface area contributed by atoms with E-state index in [-0.39, 0.29) is 0 Å². The van der Waals surface area contributed by atoms with Crippen LogP contribution in [0.3, 0.4) is 0 Å². The van der Waals surface area contributed by atoms with Crippen LogP contribution in [0.2, 0.25) is 0 Å². The van der Waals surface area contributed by atoms with Crippen LogP contribution in [0.1, 0.15) is 0 Å². The molecule has 0 aliphatic rings. The molecule has 0 saturated heterocycles. The Hall–Kier alpha value is -2.82. The Balaban J connectivity index is 2.21. The number of hydrogen-bond acceptors (Lipinski definition) is 3. The maximum atomic E-state index is 9.44. The van der Waals surface area contributed by atoms with Crippen molar-refractivity contribution in [3.63, 3.8) is 0 Å². The highest BCUT2D eigenvalue weighted by molar-refractivity contribution is 6.35. The molecule has 0 bridgehead atoms. The van der Waals surface area contributed by atoms with Crippen molar-refractivity contribution >= 4 is 28.9 Å². The standard InChI is InChI=1S/C20H15BO3/c22-21(23)24-20-18-13-7-5-11-16(18)15-10-4-6-12-17(15)19(20)14-8-2-1-3-9-14/h1-13,22-23H. The van der Waals surface area contributed by atoms with E-state index < -0.39 is 7.32 Å². The maximum Gasteiger partial charge on any atom is 0.707 e. The van der Waals surface area contributed by atoms with Gasteiger partial charge in [-0.1, -0.05) is 78.9 Å². The molecule has 0 spiro atoms. The van der Waals surface area contributed by atoms with Gasteiger partial charge in [0, 0.05) is 10.9 Å². The van der Waals surface area contributed by atoms with Crippen LogP contribution in [-0.2, 0) is 0 Å². The third-order valence-corrected chi connectivity index (χ3v) is 4.17. The molecule has 0 heterocycles. The summed E-state index contributed by atoms with van der Waals surface area (Å²) in [6.07, 6.45) is 0. The number of benzene rings is 4. The lowest BCUT2D eigenvalue weighted by Crippen LogP contribution is -2.21. The van der Waals surface area contributed by atoms with Gasteiger partial charge < -0.3 is 14.7 Å². The van der Waals surface area contributed by atoms with E-state index in [0.717, 1.165) is 32.7 Å². The number of rotatable bonds is 3. The molecule has 0 amide bonds.